The molecule has 1 fully saturated rings. The van der Waals surface area contributed by atoms with Crippen LogP contribution >= 0.6 is 11.6 Å². The van der Waals surface area contributed by atoms with Crippen molar-refractivity contribution in [2.24, 2.45) is 5.92 Å². The summed E-state index contributed by atoms with van der Waals surface area (Å²) in [5.74, 6) is 0.377. The highest BCUT2D eigenvalue weighted by molar-refractivity contribution is 7.89. The van der Waals surface area contributed by atoms with E-state index in [4.69, 9.17) is 16.0 Å². The predicted molar refractivity (Wildman–Crippen MR) is 86.7 cm³/mol. The highest BCUT2D eigenvalue weighted by Crippen LogP contribution is 2.45. The lowest BCUT2D eigenvalue weighted by Gasteiger charge is -2.26. The molecule has 2 N–H and O–H groups in total. The Labute approximate surface area is 140 Å². The number of halogens is 1. The van der Waals surface area contributed by atoms with Crippen LogP contribution in [0.5, 0.6) is 0 Å². The fourth-order valence-electron chi connectivity index (χ4n) is 2.66. The molecule has 1 aliphatic carbocycles. The average Bonchev–Trinajstić information content (AvgIpc) is 3.22. The molecule has 2 aromatic rings. The number of hydrogen-bond donors (Lipinski definition) is 2. The van der Waals surface area contributed by atoms with Crippen molar-refractivity contribution in [2.45, 2.75) is 30.3 Å². The normalized spacial score (nSPS) is 17.9. The second-order valence-corrected chi connectivity index (χ2v) is 8.08. The lowest BCUT2D eigenvalue weighted by molar-refractivity contribution is -0.00224. The average molecular weight is 356 g/mol. The Balaban J connectivity index is 1.85. The van der Waals surface area contributed by atoms with Gasteiger partial charge in [-0.05, 0) is 55.5 Å². The quantitative estimate of drug-likeness (QED) is 0.835. The van der Waals surface area contributed by atoms with Crippen LogP contribution in [-0.2, 0) is 15.6 Å². The SMILES string of the molecule is Cc1ccc(Cl)cc1S(=O)(=O)NCC(O)(c1ccco1)C1CC1. The molecule has 0 radical (unpaired) electrons. The minimum atomic E-state index is -3.78. The Morgan fingerprint density at radius 2 is 2.13 bits per heavy atom. The fraction of sp³-hybridized carbons (Fsp3) is 0.375. The molecular weight excluding hydrogens is 338 g/mol. The van der Waals surface area contributed by atoms with Crippen LogP contribution in [0.25, 0.3) is 0 Å². The molecule has 1 unspecified atom stereocenters. The largest absolute Gasteiger partial charge is 0.466 e. The number of benzene rings is 1. The Morgan fingerprint density at radius 3 is 2.74 bits per heavy atom. The molecular formula is C16H18ClNO4S. The molecule has 1 atom stereocenters. The number of nitrogens with one attached hydrogen (secondary N) is 1. The van der Waals surface area contributed by atoms with Gasteiger partial charge in [0.1, 0.15) is 11.4 Å². The second kappa shape index (κ2) is 5.94. The first-order valence-electron chi connectivity index (χ1n) is 7.35. The summed E-state index contributed by atoms with van der Waals surface area (Å²) in [6, 6.07) is 8.04. The molecule has 1 aliphatic rings. The molecule has 0 bridgehead atoms. The lowest BCUT2D eigenvalue weighted by Crippen LogP contribution is -2.42. The van der Waals surface area contributed by atoms with E-state index in [9.17, 15) is 13.5 Å². The van der Waals surface area contributed by atoms with E-state index in [1.807, 2.05) is 0 Å². The second-order valence-electron chi connectivity index (χ2n) is 5.91. The molecule has 7 heteroatoms. The standard InChI is InChI=1S/C16H18ClNO4S/c1-11-4-7-13(17)9-14(11)23(20,21)18-10-16(19,12-5-6-12)15-3-2-8-22-15/h2-4,7-9,12,18-19H,5-6,10H2,1H3. The zero-order valence-corrected chi connectivity index (χ0v) is 14.2. The van der Waals surface area contributed by atoms with Crippen LogP contribution in [0.1, 0.15) is 24.2 Å². The molecule has 0 amide bonds. The minimum Gasteiger partial charge on any atom is -0.466 e. The number of furan rings is 1. The molecule has 1 saturated carbocycles. The summed E-state index contributed by atoms with van der Waals surface area (Å²) in [7, 11) is -3.78. The van der Waals surface area contributed by atoms with E-state index in [2.05, 4.69) is 4.72 Å². The van der Waals surface area contributed by atoms with Crippen LogP contribution in [0.4, 0.5) is 0 Å². The Kier molecular flexibility index (Phi) is 4.27. The van der Waals surface area contributed by atoms with Crippen LogP contribution in [-0.4, -0.2) is 20.1 Å². The van der Waals surface area contributed by atoms with Gasteiger partial charge < -0.3 is 9.52 Å². The topological polar surface area (TPSA) is 79.5 Å². The van der Waals surface area contributed by atoms with Gasteiger partial charge in [-0.3, -0.25) is 0 Å². The highest BCUT2D eigenvalue weighted by atomic mass is 35.5. The summed E-state index contributed by atoms with van der Waals surface area (Å²) < 4.78 is 32.9. The summed E-state index contributed by atoms with van der Waals surface area (Å²) in [4.78, 5) is 0.114. The van der Waals surface area contributed by atoms with Crippen molar-refractivity contribution in [3.8, 4) is 0 Å². The summed E-state index contributed by atoms with van der Waals surface area (Å²) in [5, 5.41) is 11.2. The maximum Gasteiger partial charge on any atom is 0.240 e. The summed E-state index contributed by atoms with van der Waals surface area (Å²) >= 11 is 5.90. The zero-order valence-electron chi connectivity index (χ0n) is 12.6. The van der Waals surface area contributed by atoms with Crippen LogP contribution in [0, 0.1) is 12.8 Å². The van der Waals surface area contributed by atoms with E-state index in [0.717, 1.165) is 12.8 Å². The van der Waals surface area contributed by atoms with E-state index >= 15 is 0 Å². The van der Waals surface area contributed by atoms with Gasteiger partial charge >= 0.3 is 0 Å². The number of aliphatic hydroxyl groups is 1. The van der Waals surface area contributed by atoms with Crippen molar-refractivity contribution < 1.29 is 17.9 Å². The molecule has 1 aromatic carbocycles. The molecule has 5 nitrogen and oxygen atoms in total. The van der Waals surface area contributed by atoms with Crippen molar-refractivity contribution in [3.63, 3.8) is 0 Å². The van der Waals surface area contributed by atoms with E-state index < -0.39 is 15.6 Å². The first-order chi connectivity index (χ1) is 10.8. The molecule has 0 saturated heterocycles. The van der Waals surface area contributed by atoms with E-state index in [1.165, 1.54) is 12.3 Å². The lowest BCUT2D eigenvalue weighted by atomic mass is 9.95. The summed E-state index contributed by atoms with van der Waals surface area (Å²) in [5.41, 5.74) is -0.738. The van der Waals surface area contributed by atoms with Gasteiger partial charge in [0.2, 0.25) is 10.0 Å². The molecule has 23 heavy (non-hydrogen) atoms. The molecule has 1 aromatic heterocycles. The maximum atomic E-state index is 12.6. The van der Waals surface area contributed by atoms with E-state index in [0.29, 0.717) is 16.3 Å². The van der Waals surface area contributed by atoms with Gasteiger partial charge in [0.25, 0.3) is 0 Å². The summed E-state index contributed by atoms with van der Waals surface area (Å²) in [6.07, 6.45) is 3.16. The highest BCUT2D eigenvalue weighted by Gasteiger charge is 2.47. The van der Waals surface area contributed by atoms with Crippen LogP contribution < -0.4 is 4.72 Å². The van der Waals surface area contributed by atoms with Gasteiger partial charge in [-0.25, -0.2) is 13.1 Å². The third-order valence-electron chi connectivity index (χ3n) is 4.17. The van der Waals surface area contributed by atoms with Crippen molar-refractivity contribution >= 4 is 21.6 Å². The molecule has 3 rings (SSSR count). The summed E-state index contributed by atoms with van der Waals surface area (Å²) in [6.45, 7) is 1.56. The first-order valence-corrected chi connectivity index (χ1v) is 9.21. The number of sulfonamides is 1. The molecule has 1 heterocycles. The fourth-order valence-corrected chi connectivity index (χ4v) is 4.24. The van der Waals surface area contributed by atoms with Gasteiger partial charge in [0.05, 0.1) is 11.2 Å². The third kappa shape index (κ3) is 3.30. The predicted octanol–water partition coefficient (Wildman–Crippen LogP) is 2.82. The van der Waals surface area contributed by atoms with Gasteiger partial charge in [-0.15, -0.1) is 0 Å². The Bertz CT molecular complexity index is 799. The van der Waals surface area contributed by atoms with Crippen molar-refractivity contribution in [1.29, 1.82) is 0 Å². The van der Waals surface area contributed by atoms with Crippen LogP contribution in [0.3, 0.4) is 0 Å². The molecule has 0 spiro atoms. The van der Waals surface area contributed by atoms with Gasteiger partial charge in [-0.1, -0.05) is 17.7 Å². The van der Waals surface area contributed by atoms with Crippen molar-refractivity contribution in [1.82, 2.24) is 4.72 Å². The van der Waals surface area contributed by atoms with Crippen molar-refractivity contribution in [3.05, 3.63) is 52.9 Å². The van der Waals surface area contributed by atoms with Gasteiger partial charge in [0, 0.05) is 11.6 Å². The maximum absolute atomic E-state index is 12.6. The van der Waals surface area contributed by atoms with E-state index in [1.54, 1.807) is 31.2 Å². The minimum absolute atomic E-state index is 0.00296. The van der Waals surface area contributed by atoms with Crippen LogP contribution in [0.15, 0.2) is 45.9 Å². The number of aryl methyl sites for hydroxylation is 1. The van der Waals surface area contributed by atoms with Crippen LogP contribution in [0.2, 0.25) is 5.02 Å². The Hall–Kier alpha value is -1.34. The van der Waals surface area contributed by atoms with E-state index in [-0.39, 0.29) is 17.4 Å². The third-order valence-corrected chi connectivity index (χ3v) is 5.95. The van der Waals surface area contributed by atoms with Gasteiger partial charge in [0.15, 0.2) is 0 Å². The first kappa shape index (κ1) is 16.5. The monoisotopic (exact) mass is 355 g/mol. The number of rotatable bonds is 6. The number of hydrogen-bond acceptors (Lipinski definition) is 4. The Morgan fingerprint density at radius 1 is 1.39 bits per heavy atom. The smallest absolute Gasteiger partial charge is 0.240 e. The molecule has 124 valence electrons. The molecule has 0 aliphatic heterocycles. The van der Waals surface area contributed by atoms with Gasteiger partial charge in [-0.2, -0.15) is 0 Å². The van der Waals surface area contributed by atoms with Crippen molar-refractivity contribution in [2.75, 3.05) is 6.54 Å². The zero-order chi connectivity index (χ0) is 16.7.